The highest BCUT2D eigenvalue weighted by Gasteiger charge is 2.11. The lowest BCUT2D eigenvalue weighted by Crippen LogP contribution is -2.09. The van der Waals surface area contributed by atoms with Crippen molar-refractivity contribution in [3.63, 3.8) is 0 Å². The van der Waals surface area contributed by atoms with Crippen molar-refractivity contribution in [1.29, 1.82) is 0 Å². The van der Waals surface area contributed by atoms with Crippen molar-refractivity contribution in [2.75, 3.05) is 5.73 Å². The molecule has 0 aliphatic rings. The van der Waals surface area contributed by atoms with E-state index in [4.69, 9.17) is 5.73 Å². The van der Waals surface area contributed by atoms with E-state index >= 15 is 0 Å². The first kappa shape index (κ1) is 13.0. The molecule has 1 heterocycles. The first-order valence-electron chi connectivity index (χ1n) is 4.94. The Morgan fingerprint density at radius 1 is 1.37 bits per heavy atom. The number of nitro groups is 1. The second-order valence-corrected chi connectivity index (χ2v) is 4.54. The van der Waals surface area contributed by atoms with Crippen molar-refractivity contribution in [3.8, 4) is 0 Å². The number of nitrogens with zero attached hydrogens (tertiary/aromatic N) is 2. The molecule has 7 nitrogen and oxygen atoms in total. The number of hydrogen-bond acceptors (Lipinski definition) is 6. The van der Waals surface area contributed by atoms with E-state index in [0.717, 1.165) is 30.0 Å². The summed E-state index contributed by atoms with van der Waals surface area (Å²) in [6.07, 6.45) is 0. The summed E-state index contributed by atoms with van der Waals surface area (Å²) in [5, 5.41) is 10.7. The lowest BCUT2D eigenvalue weighted by molar-refractivity contribution is -0.385. The van der Waals surface area contributed by atoms with Gasteiger partial charge in [-0.25, -0.2) is 9.37 Å². The van der Waals surface area contributed by atoms with Crippen LogP contribution in [0.1, 0.15) is 0 Å². The number of nitrogens with one attached hydrogen (secondary N) is 1. The molecule has 0 radical (unpaired) electrons. The van der Waals surface area contributed by atoms with E-state index in [1.54, 1.807) is 0 Å². The molecule has 9 heteroatoms. The average molecular weight is 282 g/mol. The van der Waals surface area contributed by atoms with Crippen LogP contribution in [0.4, 0.5) is 15.9 Å². The summed E-state index contributed by atoms with van der Waals surface area (Å²) in [7, 11) is 0. The fraction of sp³-hybridized carbons (Fsp3) is 0. The molecule has 98 valence electrons. The first-order valence-corrected chi connectivity index (χ1v) is 5.75. The number of benzene rings is 1. The average Bonchev–Trinajstić information content (AvgIpc) is 2.26. The number of H-pyrrole nitrogens is 1. The van der Waals surface area contributed by atoms with Crippen LogP contribution in [0.15, 0.2) is 39.1 Å². The molecule has 0 spiro atoms. The molecule has 0 aliphatic carbocycles. The Labute approximate surface area is 109 Å². The van der Waals surface area contributed by atoms with Crippen LogP contribution < -0.4 is 11.3 Å². The number of rotatable bonds is 3. The molecule has 1 aromatic heterocycles. The van der Waals surface area contributed by atoms with Gasteiger partial charge in [-0.2, -0.15) is 0 Å². The summed E-state index contributed by atoms with van der Waals surface area (Å²) >= 11 is 0.871. The molecule has 3 N–H and O–H groups in total. The van der Waals surface area contributed by atoms with Gasteiger partial charge in [0.25, 0.3) is 11.2 Å². The van der Waals surface area contributed by atoms with E-state index in [1.807, 2.05) is 0 Å². The molecule has 0 unspecified atom stereocenters. The smallest absolute Gasteiger partial charge is 0.273 e. The Bertz CT molecular complexity index is 703. The van der Waals surface area contributed by atoms with Crippen LogP contribution >= 0.6 is 11.8 Å². The van der Waals surface area contributed by atoms with Gasteiger partial charge in [0, 0.05) is 17.0 Å². The zero-order valence-corrected chi connectivity index (χ0v) is 10.1. The number of nitro benzene ring substituents is 1. The van der Waals surface area contributed by atoms with Gasteiger partial charge in [0.1, 0.15) is 11.6 Å². The predicted octanol–water partition coefficient (Wildman–Crippen LogP) is 1.55. The minimum atomic E-state index is -0.747. The molecule has 0 fully saturated rings. The van der Waals surface area contributed by atoms with Crippen LogP contribution in [0.5, 0.6) is 0 Å². The largest absolute Gasteiger partial charge is 0.383 e. The molecular formula is C10H7FN4O3S. The van der Waals surface area contributed by atoms with Crippen molar-refractivity contribution in [3.05, 3.63) is 50.6 Å². The quantitative estimate of drug-likeness (QED) is 0.501. The van der Waals surface area contributed by atoms with Gasteiger partial charge in [-0.05, 0) is 6.07 Å². The van der Waals surface area contributed by atoms with Gasteiger partial charge >= 0.3 is 0 Å². The third kappa shape index (κ3) is 3.28. The molecule has 2 aromatic rings. The van der Waals surface area contributed by atoms with Gasteiger partial charge in [-0.15, -0.1) is 0 Å². The maximum absolute atomic E-state index is 13.2. The summed E-state index contributed by atoms with van der Waals surface area (Å²) < 4.78 is 13.2. The summed E-state index contributed by atoms with van der Waals surface area (Å²) in [6.45, 7) is 0. The minimum absolute atomic E-state index is 0.0113. The van der Waals surface area contributed by atoms with Crippen LogP contribution in [-0.2, 0) is 0 Å². The number of nitrogen functional groups attached to an aromatic ring is 1. The van der Waals surface area contributed by atoms with Crippen LogP contribution in [0.25, 0.3) is 0 Å². The summed E-state index contributed by atoms with van der Waals surface area (Å²) in [5.74, 6) is -0.736. The van der Waals surface area contributed by atoms with Crippen LogP contribution in [0.3, 0.4) is 0 Å². The van der Waals surface area contributed by atoms with Crippen LogP contribution in [0.2, 0.25) is 0 Å². The zero-order chi connectivity index (χ0) is 14.0. The monoisotopic (exact) mass is 282 g/mol. The molecule has 19 heavy (non-hydrogen) atoms. The molecule has 0 atom stereocenters. The molecule has 0 saturated carbocycles. The van der Waals surface area contributed by atoms with E-state index in [2.05, 4.69) is 9.97 Å². The lowest BCUT2D eigenvalue weighted by atomic mass is 10.3. The third-order valence-electron chi connectivity index (χ3n) is 2.02. The normalized spacial score (nSPS) is 10.4. The molecule has 0 amide bonds. The first-order chi connectivity index (χ1) is 8.94. The molecular weight excluding hydrogens is 275 g/mol. The summed E-state index contributed by atoms with van der Waals surface area (Å²) in [6, 6.07) is 4.18. The highest BCUT2D eigenvalue weighted by Crippen LogP contribution is 2.28. The van der Waals surface area contributed by atoms with Crippen molar-refractivity contribution in [2.24, 2.45) is 0 Å². The maximum Gasteiger partial charge on any atom is 0.273 e. The van der Waals surface area contributed by atoms with E-state index in [-0.39, 0.29) is 21.6 Å². The molecule has 0 bridgehead atoms. The molecule has 0 aliphatic heterocycles. The summed E-state index contributed by atoms with van der Waals surface area (Å²) in [4.78, 5) is 27.5. The van der Waals surface area contributed by atoms with Gasteiger partial charge < -0.3 is 10.7 Å². The number of hydrogen-bond donors (Lipinski definition) is 2. The number of anilines is 1. The number of aromatic amines is 1. The fourth-order valence-corrected chi connectivity index (χ4v) is 2.20. The van der Waals surface area contributed by atoms with E-state index in [9.17, 15) is 19.3 Å². The van der Waals surface area contributed by atoms with Crippen LogP contribution in [0, 0.1) is 15.9 Å². The van der Waals surface area contributed by atoms with E-state index in [1.165, 1.54) is 6.07 Å². The minimum Gasteiger partial charge on any atom is -0.383 e. The number of non-ortho nitro benzene ring substituents is 1. The lowest BCUT2D eigenvalue weighted by Gasteiger charge is -2.02. The Balaban J connectivity index is 2.37. The second-order valence-electron chi connectivity index (χ2n) is 3.48. The second kappa shape index (κ2) is 5.06. The number of aromatic nitrogens is 2. The summed E-state index contributed by atoms with van der Waals surface area (Å²) in [5.41, 5.74) is 4.56. The van der Waals surface area contributed by atoms with Gasteiger partial charge in [0.15, 0.2) is 5.16 Å². The van der Waals surface area contributed by atoms with Gasteiger partial charge in [-0.3, -0.25) is 14.9 Å². The Kier molecular flexibility index (Phi) is 3.47. The highest BCUT2D eigenvalue weighted by molar-refractivity contribution is 7.99. The maximum atomic E-state index is 13.2. The Morgan fingerprint density at radius 2 is 2.11 bits per heavy atom. The Morgan fingerprint density at radius 3 is 2.74 bits per heavy atom. The van der Waals surface area contributed by atoms with Crippen molar-refractivity contribution >= 4 is 23.3 Å². The van der Waals surface area contributed by atoms with Crippen LogP contribution in [-0.4, -0.2) is 14.9 Å². The number of halogens is 1. The number of nitrogens with two attached hydrogens (primary N) is 1. The van der Waals surface area contributed by atoms with Gasteiger partial charge in [0.2, 0.25) is 0 Å². The van der Waals surface area contributed by atoms with Gasteiger partial charge in [-0.1, -0.05) is 11.8 Å². The fourth-order valence-electron chi connectivity index (χ4n) is 1.33. The third-order valence-corrected chi connectivity index (χ3v) is 2.88. The topological polar surface area (TPSA) is 115 Å². The van der Waals surface area contributed by atoms with Crippen molar-refractivity contribution in [2.45, 2.75) is 10.1 Å². The zero-order valence-electron chi connectivity index (χ0n) is 9.29. The highest BCUT2D eigenvalue weighted by atomic mass is 32.2. The standard InChI is InChI=1S/C10H7FN4O3S/c11-5-1-6(15(17)18)3-7(2-5)19-10-13-8(12)4-9(16)14-10/h1-4H,(H3,12,13,14,16). The van der Waals surface area contributed by atoms with Crippen molar-refractivity contribution in [1.82, 2.24) is 9.97 Å². The molecule has 2 rings (SSSR count). The molecule has 0 saturated heterocycles. The predicted molar refractivity (Wildman–Crippen MR) is 66.4 cm³/mol. The SMILES string of the molecule is Nc1cc(=O)[nH]c(Sc2cc(F)cc([N+](=O)[O-])c2)n1. The molecule has 1 aromatic carbocycles. The van der Waals surface area contributed by atoms with E-state index in [0.29, 0.717) is 0 Å². The van der Waals surface area contributed by atoms with Crippen molar-refractivity contribution < 1.29 is 9.31 Å². The van der Waals surface area contributed by atoms with Gasteiger partial charge in [0.05, 0.1) is 11.0 Å². The Hall–Kier alpha value is -2.42. The van der Waals surface area contributed by atoms with E-state index < -0.39 is 16.3 Å².